The maximum absolute atomic E-state index is 12.5. The predicted molar refractivity (Wildman–Crippen MR) is 93.9 cm³/mol. The number of fused-ring (bicyclic) bond motifs is 2. The van der Waals surface area contributed by atoms with Crippen LogP contribution >= 0.6 is 0 Å². The minimum absolute atomic E-state index is 0.0397. The van der Waals surface area contributed by atoms with Crippen LogP contribution in [0.4, 0.5) is 11.4 Å². The molecule has 0 bridgehead atoms. The molecule has 0 amide bonds. The number of carbonyl (C=O) groups excluding carboxylic acids is 2. The maximum atomic E-state index is 12.5. The molecule has 0 saturated carbocycles. The van der Waals surface area contributed by atoms with Crippen LogP contribution in [0.3, 0.4) is 0 Å². The predicted octanol–water partition coefficient (Wildman–Crippen LogP) is 1.44. The summed E-state index contributed by atoms with van der Waals surface area (Å²) in [5.41, 5.74) is 0.462. The molecule has 0 unspecified atom stereocenters. The van der Waals surface area contributed by atoms with Crippen LogP contribution in [0, 0.1) is 10.8 Å². The Morgan fingerprint density at radius 3 is 1.20 bits per heavy atom. The molecule has 2 aromatic rings. The van der Waals surface area contributed by atoms with E-state index in [2.05, 4.69) is 9.95 Å². The average Bonchev–Trinajstić information content (AvgIpc) is 2.62. The number of rotatable bonds is 0. The van der Waals surface area contributed by atoms with Gasteiger partial charge >= 0.3 is 11.4 Å². The van der Waals surface area contributed by atoms with Gasteiger partial charge in [-0.25, -0.2) is 16.8 Å². The van der Waals surface area contributed by atoms with Crippen LogP contribution in [0.5, 0.6) is 0 Å². The minimum Gasteiger partial charge on any atom is -0.726 e. The third-order valence-electron chi connectivity index (χ3n) is 3.24. The van der Waals surface area contributed by atoms with E-state index >= 15 is 0 Å². The van der Waals surface area contributed by atoms with Gasteiger partial charge in [-0.15, -0.1) is 0 Å². The summed E-state index contributed by atoms with van der Waals surface area (Å²) in [6.45, 7) is 0. The summed E-state index contributed by atoms with van der Waals surface area (Å²) >= 11 is 0. The van der Waals surface area contributed by atoms with Crippen molar-refractivity contribution in [2.24, 2.45) is 0 Å². The SMILES string of the molecule is N#[N+]c1cccc2c1C(=O)c1cccc([N+]#N)c1C2=O.O=S(=O)([O-])O.O=S(=O)([O-])O. The molecule has 2 N–H and O–H groups in total. The molecule has 16 heteroatoms. The highest BCUT2D eigenvalue weighted by atomic mass is 32.3. The number of carbonyl (C=O) groups is 2. The fraction of sp³-hybridized carbons (Fsp3) is 0. The van der Waals surface area contributed by atoms with Crippen molar-refractivity contribution in [3.63, 3.8) is 0 Å². The molecule has 1 aliphatic rings. The van der Waals surface area contributed by atoms with Gasteiger partial charge in [-0.05, 0) is 12.1 Å². The van der Waals surface area contributed by atoms with Crippen molar-refractivity contribution in [3.05, 3.63) is 68.6 Å². The summed E-state index contributed by atoms with van der Waals surface area (Å²) in [7, 11) is -9.83. The van der Waals surface area contributed by atoms with Gasteiger partial charge in [0.15, 0.2) is 9.95 Å². The van der Waals surface area contributed by atoms with E-state index in [0.717, 1.165) is 0 Å². The first-order valence-corrected chi connectivity index (χ1v) is 9.84. The second kappa shape index (κ2) is 9.24. The summed E-state index contributed by atoms with van der Waals surface area (Å²) in [5, 5.41) is 17.9. The van der Waals surface area contributed by atoms with Crippen molar-refractivity contribution in [2.45, 2.75) is 0 Å². The van der Waals surface area contributed by atoms with Crippen molar-refractivity contribution in [3.8, 4) is 0 Å². The third kappa shape index (κ3) is 6.76. The van der Waals surface area contributed by atoms with E-state index in [1.807, 2.05) is 0 Å². The van der Waals surface area contributed by atoms with Gasteiger partial charge in [0.25, 0.3) is 0 Å². The van der Waals surface area contributed by atoms with Crippen molar-refractivity contribution in [2.75, 3.05) is 0 Å². The molecule has 0 aliphatic heterocycles. The first kappa shape index (κ1) is 24.4. The van der Waals surface area contributed by atoms with Gasteiger partial charge < -0.3 is 9.11 Å². The van der Waals surface area contributed by atoms with Gasteiger partial charge in [-0.3, -0.25) is 18.7 Å². The summed E-state index contributed by atoms with van der Waals surface area (Å²) in [6.07, 6.45) is 0. The Balaban J connectivity index is 0.000000378. The molecule has 0 radical (unpaired) electrons. The molecule has 30 heavy (non-hydrogen) atoms. The lowest BCUT2D eigenvalue weighted by Gasteiger charge is -2.13. The number of nitrogens with zero attached hydrogens (tertiary/aromatic N) is 4. The molecule has 3 rings (SSSR count). The van der Waals surface area contributed by atoms with Gasteiger partial charge in [-0.2, -0.15) is 0 Å². The van der Waals surface area contributed by atoms with Crippen molar-refractivity contribution in [1.82, 2.24) is 0 Å². The Kier molecular flexibility index (Phi) is 7.51. The zero-order valence-corrected chi connectivity index (χ0v) is 15.9. The summed E-state index contributed by atoms with van der Waals surface area (Å²) in [6, 6.07) is 8.86. The summed E-state index contributed by atoms with van der Waals surface area (Å²) < 4.78 is 65.7. The monoisotopic (exact) mass is 456 g/mol. The molecule has 14 nitrogen and oxygen atoms in total. The Morgan fingerprint density at radius 2 is 0.967 bits per heavy atom. The Labute approximate surface area is 168 Å². The fourth-order valence-electron chi connectivity index (χ4n) is 2.37. The summed E-state index contributed by atoms with van der Waals surface area (Å²) in [4.78, 5) is 31.0. The van der Waals surface area contributed by atoms with Gasteiger partial charge in [0.05, 0.1) is 0 Å². The normalized spacial score (nSPS) is 11.9. The van der Waals surface area contributed by atoms with E-state index in [1.54, 1.807) is 0 Å². The number of ketones is 2. The molecular weight excluding hydrogens is 448 g/mol. The highest BCUT2D eigenvalue weighted by Crippen LogP contribution is 2.36. The van der Waals surface area contributed by atoms with Crippen LogP contribution in [-0.2, 0) is 20.8 Å². The van der Waals surface area contributed by atoms with Crippen LogP contribution in [0.1, 0.15) is 31.8 Å². The van der Waals surface area contributed by atoms with E-state index < -0.39 is 32.4 Å². The van der Waals surface area contributed by atoms with E-state index in [-0.39, 0.29) is 33.6 Å². The molecule has 1 aliphatic carbocycles. The van der Waals surface area contributed by atoms with Gasteiger partial charge in [-0.1, -0.05) is 12.1 Å². The molecule has 0 fully saturated rings. The van der Waals surface area contributed by atoms with Crippen molar-refractivity contribution in [1.29, 1.82) is 10.8 Å². The zero-order valence-electron chi connectivity index (χ0n) is 14.2. The van der Waals surface area contributed by atoms with Gasteiger partial charge in [0.1, 0.15) is 11.1 Å². The zero-order chi connectivity index (χ0) is 23.3. The molecule has 0 heterocycles. The maximum Gasteiger partial charge on any atom is 0.396 e. The lowest BCUT2D eigenvalue weighted by Crippen LogP contribution is -2.20. The third-order valence-corrected chi connectivity index (χ3v) is 3.24. The lowest BCUT2D eigenvalue weighted by molar-refractivity contribution is 0.0980. The average molecular weight is 456 g/mol. The van der Waals surface area contributed by atoms with E-state index in [4.69, 9.17) is 45.8 Å². The Hall–Kier alpha value is -3.64. The quantitative estimate of drug-likeness (QED) is 0.277. The molecule has 0 saturated heterocycles. The van der Waals surface area contributed by atoms with Gasteiger partial charge in [0, 0.05) is 23.3 Å². The molecule has 156 valence electrons. The smallest absolute Gasteiger partial charge is 0.396 e. The molecule has 0 atom stereocenters. The van der Waals surface area contributed by atoms with Crippen LogP contribution in [-0.4, -0.2) is 46.6 Å². The topological polar surface area (TPSA) is 245 Å². The second-order valence-electron chi connectivity index (χ2n) is 5.11. The number of diazo groups is 2. The summed E-state index contributed by atoms with van der Waals surface area (Å²) in [5.74, 6) is -0.873. The van der Waals surface area contributed by atoms with Crippen molar-refractivity contribution < 1.29 is 44.6 Å². The molecule has 2 aromatic carbocycles. The van der Waals surface area contributed by atoms with Crippen LogP contribution in [0.15, 0.2) is 36.4 Å². The number of hydrogen-bond donors (Lipinski definition) is 2. The lowest BCUT2D eigenvalue weighted by atomic mass is 9.82. The number of hydrogen-bond acceptors (Lipinski definition) is 10. The Morgan fingerprint density at radius 1 is 0.700 bits per heavy atom. The fourth-order valence-corrected chi connectivity index (χ4v) is 2.37. The standard InChI is InChI=1S/C14H6N4O2.2H2O4S/c15-17-9-5-1-3-7-11(9)14(20)8-4-2-6-10(18-16)12(8)13(7)19;2*1-5(2,3)4/h1-6H;2*(H2,1,2,3,4)/q+2;;/p-2. The number of benzene rings is 2. The Bertz CT molecular complexity index is 1200. The second-order valence-corrected chi connectivity index (χ2v) is 6.82. The van der Waals surface area contributed by atoms with E-state index in [1.165, 1.54) is 36.4 Å². The van der Waals surface area contributed by atoms with Gasteiger partial charge in [0.2, 0.25) is 43.2 Å². The largest absolute Gasteiger partial charge is 0.726 e. The van der Waals surface area contributed by atoms with Crippen molar-refractivity contribution >= 4 is 43.7 Å². The molecule has 0 aromatic heterocycles. The van der Waals surface area contributed by atoms with E-state index in [9.17, 15) is 9.59 Å². The van der Waals surface area contributed by atoms with Crippen LogP contribution in [0.2, 0.25) is 0 Å². The minimum atomic E-state index is -4.92. The first-order valence-electron chi connectivity index (χ1n) is 7.11. The highest BCUT2D eigenvalue weighted by Gasteiger charge is 2.40. The van der Waals surface area contributed by atoms with E-state index in [0.29, 0.717) is 0 Å². The first-order chi connectivity index (χ1) is 13.7. The van der Waals surface area contributed by atoms with Crippen LogP contribution in [0.25, 0.3) is 9.95 Å². The highest BCUT2D eigenvalue weighted by molar-refractivity contribution is 7.80. The molecular formula is C14H8N4O10S2. The molecule has 0 spiro atoms. The van der Waals surface area contributed by atoms with Crippen LogP contribution < -0.4 is 0 Å².